The Morgan fingerprint density at radius 3 is 2.25 bits per heavy atom. The molecular weight excluding hydrogens is 228 g/mol. The van der Waals surface area contributed by atoms with Gasteiger partial charge in [0.15, 0.2) is 0 Å². The van der Waals surface area contributed by atoms with E-state index in [1.165, 1.54) is 4.90 Å². The van der Waals surface area contributed by atoms with Crippen molar-refractivity contribution in [3.63, 3.8) is 0 Å². The second kappa shape index (κ2) is 3.39. The lowest BCUT2D eigenvalue weighted by molar-refractivity contribution is 0.593. The Morgan fingerprint density at radius 1 is 1.17 bits per heavy atom. The largest absolute Gasteiger partial charge is 0.375 e. The predicted molar refractivity (Wildman–Crippen MR) is 48.4 cm³/mol. The lowest BCUT2D eigenvalue weighted by Crippen LogP contribution is -2.11. The van der Waals surface area contributed by atoms with E-state index < -0.39 is 11.6 Å². The normalized spacial score (nSPS) is 10.1. The summed E-state index contributed by atoms with van der Waals surface area (Å²) >= 11 is 2.90. The minimum Gasteiger partial charge on any atom is -0.375 e. The molecule has 0 saturated carbocycles. The Labute approximate surface area is 78.1 Å². The second-order valence-electron chi connectivity index (χ2n) is 2.61. The van der Waals surface area contributed by atoms with E-state index in [9.17, 15) is 8.78 Å². The van der Waals surface area contributed by atoms with Crippen molar-refractivity contribution >= 4 is 21.6 Å². The Morgan fingerprint density at radius 2 is 1.75 bits per heavy atom. The van der Waals surface area contributed by atoms with Gasteiger partial charge in [-0.05, 0) is 22.0 Å². The van der Waals surface area contributed by atoms with Gasteiger partial charge < -0.3 is 4.90 Å². The van der Waals surface area contributed by atoms with Gasteiger partial charge >= 0.3 is 0 Å². The van der Waals surface area contributed by atoms with Crippen LogP contribution in [0.3, 0.4) is 0 Å². The van der Waals surface area contributed by atoms with E-state index in [1.807, 2.05) is 0 Å². The lowest BCUT2D eigenvalue weighted by atomic mass is 10.3. The molecular formula is C8H8BrF2N. The van der Waals surface area contributed by atoms with Crippen LogP contribution in [0.4, 0.5) is 14.5 Å². The maximum atomic E-state index is 13.0. The minimum absolute atomic E-state index is 0.144. The molecule has 1 aromatic rings. The van der Waals surface area contributed by atoms with Crippen LogP contribution < -0.4 is 4.90 Å². The maximum Gasteiger partial charge on any atom is 0.147 e. The molecule has 0 N–H and O–H groups in total. The van der Waals surface area contributed by atoms with Gasteiger partial charge in [-0.15, -0.1) is 0 Å². The van der Waals surface area contributed by atoms with Gasteiger partial charge in [-0.2, -0.15) is 0 Å². The van der Waals surface area contributed by atoms with Crippen molar-refractivity contribution in [2.75, 3.05) is 19.0 Å². The van der Waals surface area contributed by atoms with Gasteiger partial charge in [0, 0.05) is 20.2 Å². The molecule has 0 radical (unpaired) electrons. The third-order valence-corrected chi connectivity index (χ3v) is 2.08. The van der Waals surface area contributed by atoms with Crippen LogP contribution in [-0.2, 0) is 0 Å². The fraction of sp³-hybridized carbons (Fsp3) is 0.250. The van der Waals surface area contributed by atoms with Gasteiger partial charge in [0.1, 0.15) is 11.6 Å². The van der Waals surface area contributed by atoms with Gasteiger partial charge in [-0.3, -0.25) is 0 Å². The topological polar surface area (TPSA) is 3.24 Å². The lowest BCUT2D eigenvalue weighted by Gasteiger charge is -2.13. The van der Waals surface area contributed by atoms with E-state index in [1.54, 1.807) is 14.1 Å². The zero-order valence-electron chi connectivity index (χ0n) is 6.74. The van der Waals surface area contributed by atoms with Crippen LogP contribution >= 0.6 is 15.9 Å². The molecule has 0 spiro atoms. The Bertz CT molecular complexity index is 299. The number of rotatable bonds is 1. The van der Waals surface area contributed by atoms with Crippen LogP contribution in [0.15, 0.2) is 16.6 Å². The predicted octanol–water partition coefficient (Wildman–Crippen LogP) is 2.79. The molecule has 0 aliphatic rings. The number of hydrogen-bond donors (Lipinski definition) is 0. The molecule has 0 unspecified atom stereocenters. The first-order valence-corrected chi connectivity index (χ1v) is 4.13. The first kappa shape index (κ1) is 9.45. The monoisotopic (exact) mass is 235 g/mol. The summed E-state index contributed by atoms with van der Waals surface area (Å²) in [5.41, 5.74) is 0.246. The fourth-order valence-electron chi connectivity index (χ4n) is 0.855. The SMILES string of the molecule is CN(C)c1cc(F)c(Br)cc1F. The van der Waals surface area contributed by atoms with Crippen molar-refractivity contribution in [2.45, 2.75) is 0 Å². The quantitative estimate of drug-likeness (QED) is 0.677. The Balaban J connectivity index is 3.23. The first-order valence-electron chi connectivity index (χ1n) is 3.34. The van der Waals surface area contributed by atoms with Gasteiger partial charge in [0.25, 0.3) is 0 Å². The summed E-state index contributed by atoms with van der Waals surface area (Å²) in [5.74, 6) is -0.895. The average Bonchev–Trinajstić information content (AvgIpc) is 1.96. The second-order valence-corrected chi connectivity index (χ2v) is 3.47. The fourth-order valence-corrected chi connectivity index (χ4v) is 1.17. The van der Waals surface area contributed by atoms with E-state index in [0.29, 0.717) is 0 Å². The van der Waals surface area contributed by atoms with Crippen LogP contribution in [-0.4, -0.2) is 14.1 Å². The number of anilines is 1. The number of halogens is 3. The number of benzene rings is 1. The molecule has 66 valence electrons. The summed E-state index contributed by atoms with van der Waals surface area (Å²) in [7, 11) is 3.32. The maximum absolute atomic E-state index is 13.0. The summed E-state index contributed by atoms with van der Waals surface area (Å²) in [6.45, 7) is 0. The molecule has 0 aromatic heterocycles. The Kier molecular flexibility index (Phi) is 2.67. The highest BCUT2D eigenvalue weighted by Crippen LogP contribution is 2.24. The summed E-state index contributed by atoms with van der Waals surface area (Å²) < 4.78 is 26.1. The van der Waals surface area contributed by atoms with Crippen LogP contribution in [0.2, 0.25) is 0 Å². The van der Waals surface area contributed by atoms with Crippen LogP contribution in [0, 0.1) is 11.6 Å². The molecule has 0 aliphatic heterocycles. The van der Waals surface area contributed by atoms with Crippen molar-refractivity contribution in [3.05, 3.63) is 28.2 Å². The molecule has 0 aliphatic carbocycles. The van der Waals surface area contributed by atoms with E-state index >= 15 is 0 Å². The number of hydrogen-bond acceptors (Lipinski definition) is 1. The standard InChI is InChI=1S/C8H8BrF2N/c1-12(2)8-4-6(10)5(9)3-7(8)11/h3-4H,1-2H3. The molecule has 0 saturated heterocycles. The molecule has 4 heteroatoms. The van der Waals surface area contributed by atoms with Crippen LogP contribution in [0.1, 0.15) is 0 Å². The van der Waals surface area contributed by atoms with Gasteiger partial charge in [-0.25, -0.2) is 8.78 Å². The molecule has 1 nitrogen and oxygen atoms in total. The smallest absolute Gasteiger partial charge is 0.147 e. The highest BCUT2D eigenvalue weighted by atomic mass is 79.9. The number of nitrogens with zero attached hydrogens (tertiary/aromatic N) is 1. The third-order valence-electron chi connectivity index (χ3n) is 1.47. The summed E-state index contributed by atoms with van der Waals surface area (Å²) in [6, 6.07) is 2.27. The minimum atomic E-state index is -0.458. The molecule has 0 fully saturated rings. The van der Waals surface area contributed by atoms with Gasteiger partial charge in [0.2, 0.25) is 0 Å². The Hall–Kier alpha value is -0.640. The molecule has 0 bridgehead atoms. The summed E-state index contributed by atoms with van der Waals surface area (Å²) in [5, 5.41) is 0. The van der Waals surface area contributed by atoms with Gasteiger partial charge in [-0.1, -0.05) is 0 Å². The zero-order chi connectivity index (χ0) is 9.30. The van der Waals surface area contributed by atoms with Crippen LogP contribution in [0.5, 0.6) is 0 Å². The van der Waals surface area contributed by atoms with Crippen molar-refractivity contribution in [3.8, 4) is 0 Å². The third kappa shape index (κ3) is 1.75. The van der Waals surface area contributed by atoms with Crippen molar-refractivity contribution in [1.29, 1.82) is 0 Å². The summed E-state index contributed by atoms with van der Waals surface area (Å²) in [4.78, 5) is 1.52. The summed E-state index contributed by atoms with van der Waals surface area (Å²) in [6.07, 6.45) is 0. The van der Waals surface area contributed by atoms with E-state index in [4.69, 9.17) is 0 Å². The first-order chi connectivity index (χ1) is 5.52. The molecule has 0 amide bonds. The highest BCUT2D eigenvalue weighted by molar-refractivity contribution is 9.10. The van der Waals surface area contributed by atoms with Gasteiger partial charge in [0.05, 0.1) is 10.2 Å². The average molecular weight is 236 g/mol. The van der Waals surface area contributed by atoms with Crippen molar-refractivity contribution in [1.82, 2.24) is 0 Å². The molecule has 1 aromatic carbocycles. The molecule has 12 heavy (non-hydrogen) atoms. The molecule has 1 rings (SSSR count). The van der Waals surface area contributed by atoms with Crippen molar-refractivity contribution in [2.24, 2.45) is 0 Å². The van der Waals surface area contributed by atoms with Crippen LogP contribution in [0.25, 0.3) is 0 Å². The molecule has 0 heterocycles. The molecule has 0 atom stereocenters. The zero-order valence-corrected chi connectivity index (χ0v) is 8.32. The van der Waals surface area contributed by atoms with E-state index in [0.717, 1.165) is 12.1 Å². The van der Waals surface area contributed by atoms with E-state index in [-0.39, 0.29) is 10.2 Å². The van der Waals surface area contributed by atoms with Crippen molar-refractivity contribution < 1.29 is 8.78 Å². The highest BCUT2D eigenvalue weighted by Gasteiger charge is 2.08. The van der Waals surface area contributed by atoms with E-state index in [2.05, 4.69) is 15.9 Å².